The summed E-state index contributed by atoms with van der Waals surface area (Å²) in [6.07, 6.45) is 4.97. The van der Waals surface area contributed by atoms with Crippen molar-refractivity contribution in [3.63, 3.8) is 0 Å². The summed E-state index contributed by atoms with van der Waals surface area (Å²) in [6, 6.07) is 0.273. The summed E-state index contributed by atoms with van der Waals surface area (Å²) in [4.78, 5) is 24.7. The van der Waals surface area contributed by atoms with Gasteiger partial charge >= 0.3 is 6.09 Å². The number of nitrogens with one attached hydrogen (secondary N) is 1. The van der Waals surface area contributed by atoms with Crippen LogP contribution in [0, 0.1) is 0 Å². The van der Waals surface area contributed by atoms with E-state index in [1.54, 1.807) is 0 Å². The van der Waals surface area contributed by atoms with E-state index in [-0.39, 0.29) is 24.6 Å². The standard InChI is InChI=1S/C12H21N3O3/c13-6-10-7-15(12(17)18-10)8-11(16)14-9-4-2-1-3-5-9/h9-10H,1-8,13H2,(H,14,16). The monoisotopic (exact) mass is 255 g/mol. The highest BCUT2D eigenvalue weighted by molar-refractivity contribution is 5.83. The minimum Gasteiger partial charge on any atom is -0.443 e. The number of nitrogens with zero attached hydrogens (tertiary/aromatic N) is 1. The maximum atomic E-state index is 11.8. The molecule has 1 atom stereocenters. The zero-order valence-electron chi connectivity index (χ0n) is 10.6. The van der Waals surface area contributed by atoms with E-state index in [4.69, 9.17) is 10.5 Å². The second kappa shape index (κ2) is 6.04. The van der Waals surface area contributed by atoms with Crippen LogP contribution in [0.3, 0.4) is 0 Å². The van der Waals surface area contributed by atoms with Gasteiger partial charge in [0.1, 0.15) is 12.6 Å². The number of rotatable bonds is 4. The zero-order valence-corrected chi connectivity index (χ0v) is 10.6. The molecule has 0 bridgehead atoms. The van der Waals surface area contributed by atoms with E-state index in [1.807, 2.05) is 0 Å². The summed E-state index contributed by atoms with van der Waals surface area (Å²) in [5.74, 6) is -0.100. The lowest BCUT2D eigenvalue weighted by Crippen LogP contribution is -2.43. The Bertz CT molecular complexity index is 316. The molecule has 0 aromatic heterocycles. The highest BCUT2D eigenvalue weighted by Crippen LogP contribution is 2.17. The summed E-state index contributed by atoms with van der Waals surface area (Å²) >= 11 is 0. The van der Waals surface area contributed by atoms with E-state index in [0.29, 0.717) is 13.1 Å². The number of nitrogens with two attached hydrogens (primary N) is 1. The molecule has 1 saturated heterocycles. The lowest BCUT2D eigenvalue weighted by atomic mass is 9.95. The maximum absolute atomic E-state index is 11.8. The smallest absolute Gasteiger partial charge is 0.410 e. The molecule has 1 aliphatic heterocycles. The fourth-order valence-corrected chi connectivity index (χ4v) is 2.52. The Labute approximate surface area is 107 Å². The third-order valence-electron chi connectivity index (χ3n) is 3.52. The first-order valence-electron chi connectivity index (χ1n) is 6.64. The number of hydrogen-bond donors (Lipinski definition) is 2. The van der Waals surface area contributed by atoms with Gasteiger partial charge in [0.15, 0.2) is 0 Å². The van der Waals surface area contributed by atoms with Crippen LogP contribution in [0.5, 0.6) is 0 Å². The topological polar surface area (TPSA) is 84.7 Å². The van der Waals surface area contributed by atoms with Gasteiger partial charge < -0.3 is 15.8 Å². The molecule has 1 unspecified atom stereocenters. The maximum Gasteiger partial charge on any atom is 0.410 e. The SMILES string of the molecule is NCC1CN(CC(=O)NC2CCCCC2)C(=O)O1. The number of amides is 2. The van der Waals surface area contributed by atoms with Gasteiger partial charge in [-0.05, 0) is 12.8 Å². The first-order chi connectivity index (χ1) is 8.69. The average Bonchev–Trinajstić information content (AvgIpc) is 2.71. The van der Waals surface area contributed by atoms with Gasteiger partial charge in [-0.25, -0.2) is 4.79 Å². The molecule has 2 amide bonds. The van der Waals surface area contributed by atoms with Gasteiger partial charge in [-0.1, -0.05) is 19.3 Å². The Morgan fingerprint density at radius 2 is 2.11 bits per heavy atom. The van der Waals surface area contributed by atoms with Crippen LogP contribution in [0.15, 0.2) is 0 Å². The van der Waals surface area contributed by atoms with Crippen molar-refractivity contribution in [3.05, 3.63) is 0 Å². The second-order valence-corrected chi connectivity index (χ2v) is 5.02. The van der Waals surface area contributed by atoms with Crippen molar-refractivity contribution in [1.82, 2.24) is 10.2 Å². The highest BCUT2D eigenvalue weighted by atomic mass is 16.6. The van der Waals surface area contributed by atoms with Crippen LogP contribution in [-0.2, 0) is 9.53 Å². The molecule has 2 fully saturated rings. The van der Waals surface area contributed by atoms with Gasteiger partial charge in [0, 0.05) is 12.6 Å². The van der Waals surface area contributed by atoms with Gasteiger partial charge in [-0.3, -0.25) is 9.69 Å². The van der Waals surface area contributed by atoms with Crippen LogP contribution in [0.1, 0.15) is 32.1 Å². The molecular weight excluding hydrogens is 234 g/mol. The van der Waals surface area contributed by atoms with E-state index in [1.165, 1.54) is 24.2 Å². The van der Waals surface area contributed by atoms with Crippen molar-refractivity contribution in [2.45, 2.75) is 44.2 Å². The molecule has 2 rings (SSSR count). The summed E-state index contributed by atoms with van der Waals surface area (Å²) < 4.78 is 5.00. The van der Waals surface area contributed by atoms with Gasteiger partial charge in [0.25, 0.3) is 0 Å². The van der Waals surface area contributed by atoms with Crippen molar-refractivity contribution in [1.29, 1.82) is 0 Å². The van der Waals surface area contributed by atoms with Crippen LogP contribution < -0.4 is 11.1 Å². The predicted octanol–water partition coefficient (Wildman–Crippen LogP) is 0.215. The largest absolute Gasteiger partial charge is 0.443 e. The van der Waals surface area contributed by atoms with Crippen molar-refractivity contribution in [3.8, 4) is 0 Å². The van der Waals surface area contributed by atoms with E-state index >= 15 is 0 Å². The number of carbonyl (C=O) groups is 2. The van der Waals surface area contributed by atoms with Gasteiger partial charge in [0.2, 0.25) is 5.91 Å². The molecule has 18 heavy (non-hydrogen) atoms. The fourth-order valence-electron chi connectivity index (χ4n) is 2.52. The summed E-state index contributed by atoms with van der Waals surface area (Å²) in [5.41, 5.74) is 5.43. The molecule has 1 aliphatic carbocycles. The average molecular weight is 255 g/mol. The summed E-state index contributed by atoms with van der Waals surface area (Å²) in [5, 5.41) is 2.98. The minimum atomic E-state index is -0.441. The van der Waals surface area contributed by atoms with Crippen molar-refractivity contribution in [2.75, 3.05) is 19.6 Å². The molecular formula is C12H21N3O3. The molecule has 0 spiro atoms. The Hall–Kier alpha value is -1.30. The van der Waals surface area contributed by atoms with Crippen LogP contribution in [0.25, 0.3) is 0 Å². The van der Waals surface area contributed by atoms with Crippen molar-refractivity contribution < 1.29 is 14.3 Å². The van der Waals surface area contributed by atoms with Crippen LogP contribution in [-0.4, -0.2) is 48.7 Å². The number of hydrogen-bond acceptors (Lipinski definition) is 4. The molecule has 1 heterocycles. The fraction of sp³-hybridized carbons (Fsp3) is 0.833. The second-order valence-electron chi connectivity index (χ2n) is 5.02. The Kier molecular flexibility index (Phi) is 4.41. The molecule has 102 valence electrons. The lowest BCUT2D eigenvalue weighted by molar-refractivity contribution is -0.122. The quantitative estimate of drug-likeness (QED) is 0.752. The normalized spacial score (nSPS) is 25.1. The first-order valence-corrected chi connectivity index (χ1v) is 6.64. The van der Waals surface area contributed by atoms with E-state index in [2.05, 4.69) is 5.32 Å². The number of ether oxygens (including phenoxy) is 1. The Morgan fingerprint density at radius 1 is 1.39 bits per heavy atom. The minimum absolute atomic E-state index is 0.0752. The van der Waals surface area contributed by atoms with Crippen molar-refractivity contribution in [2.24, 2.45) is 5.73 Å². The molecule has 0 aromatic rings. The Balaban J connectivity index is 1.75. The highest BCUT2D eigenvalue weighted by Gasteiger charge is 2.31. The van der Waals surface area contributed by atoms with Crippen LogP contribution >= 0.6 is 0 Å². The molecule has 6 heteroatoms. The molecule has 2 aliphatic rings. The molecule has 0 aromatic carbocycles. The summed E-state index contributed by atoms with van der Waals surface area (Å²) in [7, 11) is 0. The third-order valence-corrected chi connectivity index (χ3v) is 3.52. The van der Waals surface area contributed by atoms with Gasteiger partial charge in [-0.15, -0.1) is 0 Å². The Morgan fingerprint density at radius 3 is 2.72 bits per heavy atom. The first kappa shape index (κ1) is 13.1. The molecule has 3 N–H and O–H groups in total. The lowest BCUT2D eigenvalue weighted by Gasteiger charge is -2.23. The predicted molar refractivity (Wildman–Crippen MR) is 65.9 cm³/mol. The molecule has 1 saturated carbocycles. The van der Waals surface area contributed by atoms with E-state index in [0.717, 1.165) is 12.8 Å². The van der Waals surface area contributed by atoms with Crippen LogP contribution in [0.2, 0.25) is 0 Å². The van der Waals surface area contributed by atoms with E-state index in [9.17, 15) is 9.59 Å². The van der Waals surface area contributed by atoms with Gasteiger partial charge in [0.05, 0.1) is 6.54 Å². The number of cyclic esters (lactones) is 1. The number of carbonyl (C=O) groups excluding carboxylic acids is 2. The van der Waals surface area contributed by atoms with Crippen molar-refractivity contribution >= 4 is 12.0 Å². The van der Waals surface area contributed by atoms with E-state index < -0.39 is 6.09 Å². The van der Waals surface area contributed by atoms with Crippen LogP contribution in [0.4, 0.5) is 4.79 Å². The molecule has 0 radical (unpaired) electrons. The van der Waals surface area contributed by atoms with Gasteiger partial charge in [-0.2, -0.15) is 0 Å². The third kappa shape index (κ3) is 3.35. The summed E-state index contributed by atoms with van der Waals surface area (Å²) in [6.45, 7) is 0.783. The molecule has 6 nitrogen and oxygen atoms in total. The zero-order chi connectivity index (χ0) is 13.0.